The van der Waals surface area contributed by atoms with Crippen LogP contribution in [0.3, 0.4) is 0 Å². The summed E-state index contributed by atoms with van der Waals surface area (Å²) in [7, 11) is 0. The van der Waals surface area contributed by atoms with Crippen molar-refractivity contribution >= 4 is 23.8 Å². The van der Waals surface area contributed by atoms with Crippen LogP contribution in [0.15, 0.2) is 0 Å². The number of nitrogens with one attached hydrogen (secondary N) is 3. The van der Waals surface area contributed by atoms with Crippen LogP contribution in [0.5, 0.6) is 0 Å². The monoisotopic (exact) mass is 452 g/mol. The maximum absolute atomic E-state index is 12.8. The normalized spacial score (nSPS) is 23.7. The zero-order chi connectivity index (χ0) is 23.5. The summed E-state index contributed by atoms with van der Waals surface area (Å²) in [6.45, 7) is 7.20. The lowest BCUT2D eigenvalue weighted by atomic mass is 9.62. The molecule has 0 aromatic carbocycles. The van der Waals surface area contributed by atoms with Gasteiger partial charge in [0.1, 0.15) is 12.1 Å². The van der Waals surface area contributed by atoms with E-state index in [4.69, 9.17) is 4.74 Å². The molecule has 4 N–H and O–H groups in total. The van der Waals surface area contributed by atoms with Gasteiger partial charge < -0.3 is 30.7 Å². The maximum Gasteiger partial charge on any atom is 0.408 e. The molecule has 3 rings (SSSR count). The number of aliphatic hydroxyl groups is 1. The fourth-order valence-electron chi connectivity index (χ4n) is 4.96. The highest BCUT2D eigenvalue weighted by molar-refractivity contribution is 5.86. The number of carbonyl (C=O) groups excluding carboxylic acids is 4. The van der Waals surface area contributed by atoms with Gasteiger partial charge in [-0.05, 0) is 38.0 Å². The summed E-state index contributed by atoms with van der Waals surface area (Å²) in [6.07, 6.45) is 2.06. The van der Waals surface area contributed by atoms with Gasteiger partial charge in [-0.15, -0.1) is 0 Å². The van der Waals surface area contributed by atoms with Gasteiger partial charge >= 0.3 is 6.09 Å². The van der Waals surface area contributed by atoms with E-state index in [9.17, 15) is 24.3 Å². The highest BCUT2D eigenvalue weighted by atomic mass is 16.6. The second-order valence-corrected chi connectivity index (χ2v) is 10.0. The molecule has 180 valence electrons. The lowest BCUT2D eigenvalue weighted by Crippen LogP contribution is -2.65. The molecule has 10 heteroatoms. The molecule has 1 saturated carbocycles. The van der Waals surface area contributed by atoms with Crippen molar-refractivity contribution in [3.8, 4) is 0 Å². The lowest BCUT2D eigenvalue weighted by molar-refractivity contribution is -0.161. The fourth-order valence-corrected chi connectivity index (χ4v) is 4.96. The van der Waals surface area contributed by atoms with Crippen molar-refractivity contribution in [1.82, 2.24) is 20.9 Å². The molecule has 2 saturated heterocycles. The number of rotatable bonds is 9. The molecule has 10 nitrogen and oxygen atoms in total. The first kappa shape index (κ1) is 24.3. The van der Waals surface area contributed by atoms with Crippen molar-refractivity contribution in [2.75, 3.05) is 26.2 Å². The molecule has 0 bridgehead atoms. The minimum Gasteiger partial charge on any atom is -0.446 e. The Balaban J connectivity index is 1.46. The molecule has 0 aromatic rings. The maximum atomic E-state index is 12.8. The van der Waals surface area contributed by atoms with Crippen LogP contribution in [0.2, 0.25) is 0 Å². The molecule has 2 aliphatic heterocycles. The molecule has 32 heavy (non-hydrogen) atoms. The van der Waals surface area contributed by atoms with Crippen LogP contribution in [0.25, 0.3) is 0 Å². The average Bonchev–Trinajstić information content (AvgIpc) is 3.05. The van der Waals surface area contributed by atoms with Gasteiger partial charge in [0.05, 0.1) is 12.6 Å². The van der Waals surface area contributed by atoms with E-state index in [1.54, 1.807) is 11.8 Å². The minimum atomic E-state index is -0.792. The SMILES string of the molecule is CC(=O)N1CC2(CC(OC(=O)N[C@@H](CC(C)C)C(=O)N[C@H](CO)C[C@@H]3CCNC3=O)C2)C1. The Bertz CT molecular complexity index is 728. The molecule has 1 aliphatic carbocycles. The highest BCUT2D eigenvalue weighted by Gasteiger charge is 2.54. The number of likely N-dealkylation sites (tertiary alicyclic amines) is 1. The third kappa shape index (κ3) is 5.90. The predicted molar refractivity (Wildman–Crippen MR) is 115 cm³/mol. The number of hydrogen-bond acceptors (Lipinski definition) is 6. The van der Waals surface area contributed by atoms with Crippen molar-refractivity contribution in [2.24, 2.45) is 17.3 Å². The van der Waals surface area contributed by atoms with E-state index in [0.29, 0.717) is 38.9 Å². The first-order valence-corrected chi connectivity index (χ1v) is 11.5. The van der Waals surface area contributed by atoms with Gasteiger partial charge in [-0.25, -0.2) is 4.79 Å². The molecule has 3 aliphatic rings. The summed E-state index contributed by atoms with van der Waals surface area (Å²) in [4.78, 5) is 50.2. The zero-order valence-electron chi connectivity index (χ0n) is 19.2. The van der Waals surface area contributed by atoms with Gasteiger partial charge in [0.2, 0.25) is 17.7 Å². The Kier molecular flexibility index (Phi) is 7.63. The van der Waals surface area contributed by atoms with Gasteiger partial charge in [-0.3, -0.25) is 14.4 Å². The molecule has 0 unspecified atom stereocenters. The summed E-state index contributed by atoms with van der Waals surface area (Å²) in [6, 6.07) is -1.35. The third-order valence-electron chi connectivity index (χ3n) is 6.71. The van der Waals surface area contributed by atoms with Crippen LogP contribution in [-0.4, -0.2) is 78.3 Å². The van der Waals surface area contributed by atoms with Crippen molar-refractivity contribution in [3.63, 3.8) is 0 Å². The van der Waals surface area contributed by atoms with Crippen LogP contribution in [0.4, 0.5) is 4.79 Å². The van der Waals surface area contributed by atoms with Crippen LogP contribution >= 0.6 is 0 Å². The predicted octanol–water partition coefficient (Wildman–Crippen LogP) is 0.142. The van der Waals surface area contributed by atoms with Crippen LogP contribution in [0.1, 0.15) is 52.9 Å². The number of ether oxygens (including phenoxy) is 1. The second kappa shape index (κ2) is 10.1. The van der Waals surface area contributed by atoms with Crippen molar-refractivity contribution in [2.45, 2.75) is 71.1 Å². The first-order chi connectivity index (χ1) is 15.1. The van der Waals surface area contributed by atoms with Crippen molar-refractivity contribution in [1.29, 1.82) is 0 Å². The van der Waals surface area contributed by atoms with Crippen LogP contribution < -0.4 is 16.0 Å². The number of alkyl carbamates (subject to hydrolysis) is 1. The van der Waals surface area contributed by atoms with Gasteiger partial charge in [-0.1, -0.05) is 13.8 Å². The van der Waals surface area contributed by atoms with Crippen LogP contribution in [-0.2, 0) is 19.1 Å². The Morgan fingerprint density at radius 3 is 2.47 bits per heavy atom. The molecule has 0 aromatic heterocycles. The first-order valence-electron chi connectivity index (χ1n) is 11.5. The smallest absolute Gasteiger partial charge is 0.408 e. The van der Waals surface area contributed by atoms with Crippen molar-refractivity contribution in [3.05, 3.63) is 0 Å². The highest BCUT2D eigenvalue weighted by Crippen LogP contribution is 2.49. The molecular formula is C22H36N4O6. The Hall–Kier alpha value is -2.36. The molecule has 1 spiro atoms. The van der Waals surface area contributed by atoms with Gasteiger partial charge in [0.25, 0.3) is 0 Å². The molecule has 0 radical (unpaired) electrons. The topological polar surface area (TPSA) is 137 Å². The third-order valence-corrected chi connectivity index (χ3v) is 6.71. The number of aliphatic hydroxyl groups excluding tert-OH is 1. The van der Waals surface area contributed by atoms with E-state index in [0.717, 1.165) is 12.8 Å². The van der Waals surface area contributed by atoms with E-state index in [-0.39, 0.29) is 41.8 Å². The van der Waals surface area contributed by atoms with Gasteiger partial charge in [-0.2, -0.15) is 0 Å². The Morgan fingerprint density at radius 1 is 1.25 bits per heavy atom. The lowest BCUT2D eigenvalue weighted by Gasteiger charge is -2.58. The zero-order valence-corrected chi connectivity index (χ0v) is 19.2. The van der Waals surface area contributed by atoms with E-state index >= 15 is 0 Å². The standard InChI is InChI=1S/C22H36N4O6/c1-13(2)6-18(20(30)24-16(10-27)7-15-4-5-23-19(15)29)25-21(31)32-17-8-22(9-17)11-26(12-22)14(3)28/h13,15-18,27H,4-12H2,1-3H3,(H,23,29)(H,24,30)(H,25,31)/t15-,16-,18-/m0/s1. The summed E-state index contributed by atoms with van der Waals surface area (Å²) in [5.74, 6) is -0.470. The van der Waals surface area contributed by atoms with Gasteiger partial charge in [0.15, 0.2) is 0 Å². The fraction of sp³-hybridized carbons (Fsp3) is 0.818. The van der Waals surface area contributed by atoms with Crippen molar-refractivity contribution < 1.29 is 29.0 Å². The molecule has 3 atom stereocenters. The quantitative estimate of drug-likeness (QED) is 0.393. The number of hydrogen-bond donors (Lipinski definition) is 4. The average molecular weight is 453 g/mol. The molecule has 3 fully saturated rings. The van der Waals surface area contributed by atoms with Gasteiger partial charge in [0, 0.05) is 37.9 Å². The van der Waals surface area contributed by atoms with E-state index in [2.05, 4.69) is 16.0 Å². The minimum absolute atomic E-state index is 0.0608. The summed E-state index contributed by atoms with van der Waals surface area (Å²) < 4.78 is 5.49. The summed E-state index contributed by atoms with van der Waals surface area (Å²) >= 11 is 0. The number of carbonyl (C=O) groups is 4. The Labute approximate surface area is 188 Å². The molecule has 2 heterocycles. The molecular weight excluding hydrogens is 416 g/mol. The number of nitrogens with zero attached hydrogens (tertiary/aromatic N) is 1. The van der Waals surface area contributed by atoms with E-state index in [1.807, 2.05) is 13.8 Å². The number of amides is 4. The van der Waals surface area contributed by atoms with Crippen LogP contribution in [0, 0.1) is 17.3 Å². The largest absolute Gasteiger partial charge is 0.446 e. The van der Waals surface area contributed by atoms with E-state index in [1.165, 1.54) is 0 Å². The Morgan fingerprint density at radius 2 is 1.94 bits per heavy atom. The molecule has 4 amide bonds. The van der Waals surface area contributed by atoms with E-state index < -0.39 is 24.1 Å². The second-order valence-electron chi connectivity index (χ2n) is 10.0. The summed E-state index contributed by atoms with van der Waals surface area (Å²) in [5, 5.41) is 17.9. The summed E-state index contributed by atoms with van der Waals surface area (Å²) in [5.41, 5.74) is 0.0756.